The predicted molar refractivity (Wildman–Crippen MR) is 135 cm³/mol. The zero-order valence-corrected chi connectivity index (χ0v) is 20.6. The fourth-order valence-electron chi connectivity index (χ4n) is 4.20. The average molecular weight is 494 g/mol. The molecule has 2 aromatic heterocycles. The molecule has 5 rings (SSSR count). The van der Waals surface area contributed by atoms with Gasteiger partial charge in [-0.15, -0.1) is 5.10 Å². The molecule has 35 heavy (non-hydrogen) atoms. The maximum atomic E-state index is 13.2. The molecule has 7 nitrogen and oxygen atoms in total. The fourth-order valence-corrected chi connectivity index (χ4v) is 5.14. The average Bonchev–Trinajstić information content (AvgIpc) is 3.43. The number of anilines is 1. The van der Waals surface area contributed by atoms with Gasteiger partial charge < -0.3 is 15.0 Å². The maximum absolute atomic E-state index is 13.2. The highest BCUT2D eigenvalue weighted by atomic mass is 32.1. The van der Waals surface area contributed by atoms with Crippen molar-refractivity contribution in [3.63, 3.8) is 0 Å². The van der Waals surface area contributed by atoms with Gasteiger partial charge in [-0.05, 0) is 68.7 Å². The number of nitrogens with zero attached hydrogens (tertiary/aromatic N) is 4. The Labute approximate surface area is 207 Å². The van der Waals surface area contributed by atoms with Gasteiger partial charge in [-0.2, -0.15) is 0 Å². The van der Waals surface area contributed by atoms with Crippen molar-refractivity contribution in [2.45, 2.75) is 39.3 Å². The number of fused-ring (bicyclic) bond motifs is 1. The second kappa shape index (κ2) is 10.0. The predicted octanol–water partition coefficient (Wildman–Crippen LogP) is 4.92. The van der Waals surface area contributed by atoms with Gasteiger partial charge in [0.1, 0.15) is 11.6 Å². The number of amides is 1. The number of hydrogen-bond donors (Lipinski definition) is 1. The van der Waals surface area contributed by atoms with Gasteiger partial charge in [0.05, 0.1) is 18.0 Å². The van der Waals surface area contributed by atoms with Crippen LogP contribution in [-0.4, -0.2) is 39.7 Å². The Balaban J connectivity index is 1.13. The van der Waals surface area contributed by atoms with E-state index in [0.29, 0.717) is 6.54 Å². The van der Waals surface area contributed by atoms with E-state index in [-0.39, 0.29) is 23.7 Å². The van der Waals surface area contributed by atoms with Crippen LogP contribution in [0.15, 0.2) is 54.7 Å². The first-order valence-corrected chi connectivity index (χ1v) is 12.7. The summed E-state index contributed by atoms with van der Waals surface area (Å²) in [5.74, 6) is 0.677. The van der Waals surface area contributed by atoms with Gasteiger partial charge >= 0.3 is 0 Å². The van der Waals surface area contributed by atoms with Crippen molar-refractivity contribution in [3.8, 4) is 17.0 Å². The summed E-state index contributed by atoms with van der Waals surface area (Å²) in [7, 11) is 0. The van der Waals surface area contributed by atoms with Crippen molar-refractivity contribution >= 4 is 27.3 Å². The molecule has 0 bridgehead atoms. The Bertz CT molecular complexity index is 1260. The second-order valence-corrected chi connectivity index (χ2v) is 9.97. The lowest BCUT2D eigenvalue weighted by atomic mass is 9.96. The van der Waals surface area contributed by atoms with Crippen LogP contribution in [-0.2, 0) is 11.3 Å². The van der Waals surface area contributed by atoms with E-state index < -0.39 is 0 Å². The topological polar surface area (TPSA) is 71.8 Å². The molecule has 0 radical (unpaired) electrons. The third-order valence-electron chi connectivity index (χ3n) is 6.07. The largest absolute Gasteiger partial charge is 0.491 e. The number of halogens is 1. The first-order chi connectivity index (χ1) is 16.9. The van der Waals surface area contributed by atoms with E-state index in [1.54, 1.807) is 16.6 Å². The van der Waals surface area contributed by atoms with Gasteiger partial charge in [-0.1, -0.05) is 23.5 Å². The molecule has 3 heterocycles. The van der Waals surface area contributed by atoms with Gasteiger partial charge in [-0.25, -0.2) is 13.9 Å². The van der Waals surface area contributed by atoms with E-state index in [2.05, 4.69) is 20.3 Å². The number of carbonyl (C=O) groups is 1. The van der Waals surface area contributed by atoms with Crippen molar-refractivity contribution in [1.82, 2.24) is 19.9 Å². The number of imidazole rings is 1. The molecule has 9 heteroatoms. The van der Waals surface area contributed by atoms with Crippen LogP contribution >= 0.6 is 11.3 Å². The summed E-state index contributed by atoms with van der Waals surface area (Å²) in [6.45, 7) is 6.07. The quantitative estimate of drug-likeness (QED) is 0.396. The SMILES string of the molecule is CC(C)Oc1ccc(CNC(=O)C2CCN(c3nn4cc(-c5ccc(F)cc5)nc4s3)CC2)cc1. The summed E-state index contributed by atoms with van der Waals surface area (Å²) in [6.07, 6.45) is 3.58. The summed E-state index contributed by atoms with van der Waals surface area (Å²) >= 11 is 1.53. The first-order valence-electron chi connectivity index (χ1n) is 11.8. The van der Waals surface area contributed by atoms with Crippen molar-refractivity contribution < 1.29 is 13.9 Å². The number of nitrogens with one attached hydrogen (secondary N) is 1. The Morgan fingerprint density at radius 3 is 2.51 bits per heavy atom. The number of benzene rings is 2. The monoisotopic (exact) mass is 493 g/mol. The number of carbonyl (C=O) groups excluding carboxylic acids is 1. The van der Waals surface area contributed by atoms with Crippen LogP contribution < -0.4 is 15.0 Å². The van der Waals surface area contributed by atoms with Crippen LogP contribution in [0.1, 0.15) is 32.3 Å². The lowest BCUT2D eigenvalue weighted by molar-refractivity contribution is -0.125. The van der Waals surface area contributed by atoms with Gasteiger partial charge in [0.25, 0.3) is 0 Å². The third kappa shape index (κ3) is 5.45. The molecule has 0 unspecified atom stereocenters. The van der Waals surface area contributed by atoms with Crippen molar-refractivity contribution in [1.29, 1.82) is 0 Å². The minimum atomic E-state index is -0.266. The Morgan fingerprint density at radius 2 is 1.86 bits per heavy atom. The van der Waals surface area contributed by atoms with Crippen LogP contribution in [0.4, 0.5) is 9.52 Å². The minimum Gasteiger partial charge on any atom is -0.491 e. The molecule has 1 aliphatic rings. The molecule has 1 N–H and O–H groups in total. The normalized spacial score (nSPS) is 14.6. The maximum Gasteiger partial charge on any atom is 0.223 e. The molecule has 0 saturated carbocycles. The number of ether oxygens (including phenoxy) is 1. The summed E-state index contributed by atoms with van der Waals surface area (Å²) in [6, 6.07) is 14.1. The van der Waals surface area contributed by atoms with E-state index in [0.717, 1.165) is 58.6 Å². The van der Waals surface area contributed by atoms with Gasteiger partial charge in [-0.3, -0.25) is 4.79 Å². The third-order valence-corrected chi connectivity index (χ3v) is 7.05. The van der Waals surface area contributed by atoms with E-state index in [9.17, 15) is 9.18 Å². The minimum absolute atomic E-state index is 0.00363. The summed E-state index contributed by atoms with van der Waals surface area (Å²) in [5.41, 5.74) is 2.68. The summed E-state index contributed by atoms with van der Waals surface area (Å²) in [4.78, 5) is 20.4. The van der Waals surface area contributed by atoms with E-state index in [1.165, 1.54) is 23.5 Å². The van der Waals surface area contributed by atoms with Crippen LogP contribution in [0.25, 0.3) is 16.2 Å². The molecule has 0 atom stereocenters. The molecule has 2 aromatic carbocycles. The van der Waals surface area contributed by atoms with Crippen LogP contribution in [0.3, 0.4) is 0 Å². The van der Waals surface area contributed by atoms with E-state index in [4.69, 9.17) is 4.74 Å². The van der Waals surface area contributed by atoms with Crippen LogP contribution in [0.2, 0.25) is 0 Å². The smallest absolute Gasteiger partial charge is 0.223 e. The van der Waals surface area contributed by atoms with Crippen LogP contribution in [0.5, 0.6) is 5.75 Å². The standard InChI is InChI=1S/C26H28FN5O2S/c1-17(2)34-22-9-3-18(4-10-22)15-28-24(33)20-11-13-31(14-12-20)26-30-32-16-23(29-25(32)35-26)19-5-7-21(27)8-6-19/h3-10,16-17,20H,11-15H2,1-2H3,(H,28,33). The number of hydrogen-bond acceptors (Lipinski definition) is 6. The van der Waals surface area contributed by atoms with Crippen LogP contribution in [0, 0.1) is 11.7 Å². The number of piperidine rings is 1. The van der Waals surface area contributed by atoms with E-state index >= 15 is 0 Å². The number of aromatic nitrogens is 3. The molecule has 4 aromatic rings. The van der Waals surface area contributed by atoms with Crippen molar-refractivity contribution in [2.75, 3.05) is 18.0 Å². The van der Waals surface area contributed by atoms with Crippen molar-refractivity contribution in [3.05, 3.63) is 66.1 Å². The highest BCUT2D eigenvalue weighted by Gasteiger charge is 2.26. The molecular formula is C26H28FN5O2S. The lowest BCUT2D eigenvalue weighted by Crippen LogP contribution is -2.40. The summed E-state index contributed by atoms with van der Waals surface area (Å²) in [5, 5.41) is 8.67. The Hall–Kier alpha value is -3.46. The molecule has 0 aliphatic carbocycles. The molecule has 0 spiro atoms. The zero-order chi connectivity index (χ0) is 24.4. The molecule has 182 valence electrons. The van der Waals surface area contributed by atoms with Crippen molar-refractivity contribution in [2.24, 2.45) is 5.92 Å². The highest BCUT2D eigenvalue weighted by molar-refractivity contribution is 7.20. The first kappa shape index (κ1) is 23.3. The van der Waals surface area contributed by atoms with E-state index in [1.807, 2.05) is 44.3 Å². The Kier molecular flexibility index (Phi) is 6.68. The highest BCUT2D eigenvalue weighted by Crippen LogP contribution is 2.30. The number of rotatable bonds is 7. The Morgan fingerprint density at radius 1 is 1.14 bits per heavy atom. The fraction of sp³-hybridized carbons (Fsp3) is 0.346. The molecule has 1 fully saturated rings. The van der Waals surface area contributed by atoms with Gasteiger partial charge in [0.2, 0.25) is 16.0 Å². The lowest BCUT2D eigenvalue weighted by Gasteiger charge is -2.30. The second-order valence-electron chi connectivity index (χ2n) is 9.03. The molecular weight excluding hydrogens is 465 g/mol. The molecule has 1 aliphatic heterocycles. The van der Waals surface area contributed by atoms with Gasteiger partial charge in [0, 0.05) is 31.1 Å². The molecule has 1 amide bonds. The van der Waals surface area contributed by atoms with Gasteiger partial charge in [0.15, 0.2) is 0 Å². The summed E-state index contributed by atoms with van der Waals surface area (Å²) < 4.78 is 20.6. The zero-order valence-electron chi connectivity index (χ0n) is 19.8. The molecule has 1 saturated heterocycles.